The van der Waals surface area contributed by atoms with Crippen LogP contribution in [-0.2, 0) is 14.3 Å². The molecule has 0 aromatic rings. The standard InChI is InChI=1S/C8H10O3/c1-3-6-7(4-2)11-8(5-9)10-6/h3-8H,1-2H2. The number of ether oxygens (including phenoxy) is 2. The van der Waals surface area contributed by atoms with Crippen LogP contribution in [0.3, 0.4) is 0 Å². The summed E-state index contributed by atoms with van der Waals surface area (Å²) in [6.07, 6.45) is 2.54. The minimum absolute atomic E-state index is 0.248. The molecular weight excluding hydrogens is 144 g/mol. The van der Waals surface area contributed by atoms with Gasteiger partial charge in [0.25, 0.3) is 0 Å². The van der Waals surface area contributed by atoms with Gasteiger partial charge in [-0.3, -0.25) is 4.79 Å². The van der Waals surface area contributed by atoms with Crippen LogP contribution < -0.4 is 0 Å². The van der Waals surface area contributed by atoms with Crippen molar-refractivity contribution >= 4 is 6.29 Å². The molecule has 0 amide bonds. The lowest BCUT2D eigenvalue weighted by molar-refractivity contribution is -0.133. The lowest BCUT2D eigenvalue weighted by atomic mass is 10.2. The predicted octanol–water partition coefficient (Wildman–Crippen LogP) is 0.667. The Kier molecular flexibility index (Phi) is 2.57. The van der Waals surface area contributed by atoms with Crippen molar-refractivity contribution in [3.63, 3.8) is 0 Å². The van der Waals surface area contributed by atoms with Crippen LogP contribution in [0.1, 0.15) is 0 Å². The van der Waals surface area contributed by atoms with Crippen molar-refractivity contribution in [1.82, 2.24) is 0 Å². The highest BCUT2D eigenvalue weighted by Gasteiger charge is 2.31. The second-order valence-electron chi connectivity index (χ2n) is 2.18. The molecule has 1 saturated heterocycles. The largest absolute Gasteiger partial charge is 0.336 e. The minimum atomic E-state index is -0.763. The van der Waals surface area contributed by atoms with Crippen molar-refractivity contribution in [2.45, 2.75) is 18.5 Å². The van der Waals surface area contributed by atoms with E-state index in [9.17, 15) is 4.79 Å². The summed E-state index contributed by atoms with van der Waals surface area (Å²) in [5.74, 6) is 0. The van der Waals surface area contributed by atoms with E-state index in [0.717, 1.165) is 0 Å². The molecule has 11 heavy (non-hydrogen) atoms. The molecule has 0 aromatic carbocycles. The van der Waals surface area contributed by atoms with Crippen LogP contribution in [0.2, 0.25) is 0 Å². The van der Waals surface area contributed by atoms with Gasteiger partial charge in [0.2, 0.25) is 6.29 Å². The molecule has 1 heterocycles. The number of hydrogen-bond donors (Lipinski definition) is 0. The normalized spacial score (nSPS) is 36.5. The summed E-state index contributed by atoms with van der Waals surface area (Å²) in [5, 5.41) is 0. The smallest absolute Gasteiger partial charge is 0.215 e. The van der Waals surface area contributed by atoms with Crippen molar-refractivity contribution < 1.29 is 14.3 Å². The van der Waals surface area contributed by atoms with Gasteiger partial charge >= 0.3 is 0 Å². The fraction of sp³-hybridized carbons (Fsp3) is 0.375. The van der Waals surface area contributed by atoms with Crippen LogP contribution in [0.15, 0.2) is 25.3 Å². The Morgan fingerprint density at radius 2 is 1.55 bits per heavy atom. The highest BCUT2D eigenvalue weighted by molar-refractivity contribution is 5.54. The van der Waals surface area contributed by atoms with Gasteiger partial charge in [0.05, 0.1) is 0 Å². The van der Waals surface area contributed by atoms with Crippen molar-refractivity contribution in [3.05, 3.63) is 25.3 Å². The van der Waals surface area contributed by atoms with Gasteiger partial charge in [0.1, 0.15) is 12.2 Å². The van der Waals surface area contributed by atoms with E-state index in [1.807, 2.05) is 0 Å². The number of carbonyl (C=O) groups excluding carboxylic acids is 1. The van der Waals surface area contributed by atoms with Crippen molar-refractivity contribution in [2.75, 3.05) is 0 Å². The summed E-state index contributed by atoms with van der Waals surface area (Å²) in [6, 6.07) is 0. The zero-order chi connectivity index (χ0) is 8.27. The SMILES string of the molecule is C=CC1OC(C=O)OC1C=C. The van der Waals surface area contributed by atoms with Crippen molar-refractivity contribution in [2.24, 2.45) is 0 Å². The molecule has 0 bridgehead atoms. The van der Waals surface area contributed by atoms with Crippen molar-refractivity contribution in [3.8, 4) is 0 Å². The first kappa shape index (κ1) is 8.17. The first-order chi connectivity index (χ1) is 5.31. The van der Waals surface area contributed by atoms with E-state index in [2.05, 4.69) is 13.2 Å². The lowest BCUT2D eigenvalue weighted by Gasteiger charge is -2.05. The number of rotatable bonds is 3. The third-order valence-corrected chi connectivity index (χ3v) is 1.48. The highest BCUT2D eigenvalue weighted by atomic mass is 16.7. The third kappa shape index (κ3) is 1.56. The molecule has 3 heteroatoms. The zero-order valence-electron chi connectivity index (χ0n) is 6.10. The molecule has 0 saturated carbocycles. The topological polar surface area (TPSA) is 35.5 Å². The van der Waals surface area contributed by atoms with Gasteiger partial charge in [0.15, 0.2) is 6.29 Å². The van der Waals surface area contributed by atoms with Crippen LogP contribution in [0.5, 0.6) is 0 Å². The van der Waals surface area contributed by atoms with Crippen molar-refractivity contribution in [1.29, 1.82) is 0 Å². The van der Waals surface area contributed by atoms with Crippen LogP contribution in [0, 0.1) is 0 Å². The van der Waals surface area contributed by atoms with E-state index in [-0.39, 0.29) is 12.2 Å². The molecule has 2 atom stereocenters. The van der Waals surface area contributed by atoms with E-state index in [1.165, 1.54) is 0 Å². The van der Waals surface area contributed by atoms with Gasteiger partial charge in [-0.1, -0.05) is 12.2 Å². The molecule has 0 radical (unpaired) electrons. The van der Waals surface area contributed by atoms with Crippen LogP contribution in [-0.4, -0.2) is 24.8 Å². The summed E-state index contributed by atoms with van der Waals surface area (Å²) in [5.41, 5.74) is 0. The predicted molar refractivity (Wildman–Crippen MR) is 40.0 cm³/mol. The van der Waals surface area contributed by atoms with E-state index < -0.39 is 6.29 Å². The van der Waals surface area contributed by atoms with Gasteiger partial charge < -0.3 is 9.47 Å². The summed E-state index contributed by atoms with van der Waals surface area (Å²) in [6.45, 7) is 7.08. The van der Waals surface area contributed by atoms with E-state index in [1.54, 1.807) is 12.2 Å². The third-order valence-electron chi connectivity index (χ3n) is 1.48. The Hall–Kier alpha value is -0.930. The molecule has 0 aliphatic carbocycles. The average molecular weight is 154 g/mol. The second-order valence-corrected chi connectivity index (χ2v) is 2.18. The zero-order valence-corrected chi connectivity index (χ0v) is 6.10. The lowest BCUT2D eigenvalue weighted by Crippen LogP contribution is -2.16. The molecule has 2 unspecified atom stereocenters. The van der Waals surface area contributed by atoms with E-state index in [0.29, 0.717) is 6.29 Å². The quantitative estimate of drug-likeness (QED) is 0.442. The van der Waals surface area contributed by atoms with Gasteiger partial charge in [-0.25, -0.2) is 0 Å². The summed E-state index contributed by atoms with van der Waals surface area (Å²) >= 11 is 0. The molecule has 1 aliphatic rings. The molecule has 1 aliphatic heterocycles. The number of hydrogen-bond acceptors (Lipinski definition) is 3. The van der Waals surface area contributed by atoms with Crippen LogP contribution in [0.25, 0.3) is 0 Å². The van der Waals surface area contributed by atoms with Gasteiger partial charge in [0, 0.05) is 0 Å². The maximum atomic E-state index is 10.2. The molecular formula is C8H10O3. The van der Waals surface area contributed by atoms with E-state index >= 15 is 0 Å². The first-order valence-electron chi connectivity index (χ1n) is 3.33. The number of aldehydes is 1. The molecule has 1 rings (SSSR count). The second kappa shape index (κ2) is 3.46. The fourth-order valence-electron chi connectivity index (χ4n) is 0.940. The van der Waals surface area contributed by atoms with Gasteiger partial charge in [-0.15, -0.1) is 13.2 Å². The molecule has 60 valence electrons. The van der Waals surface area contributed by atoms with Crippen LogP contribution >= 0.6 is 0 Å². The maximum Gasteiger partial charge on any atom is 0.215 e. The summed E-state index contributed by atoms with van der Waals surface area (Å²) in [4.78, 5) is 10.2. The Balaban J connectivity index is 2.60. The Labute approximate surface area is 65.3 Å². The number of carbonyl (C=O) groups is 1. The maximum absolute atomic E-state index is 10.2. The molecule has 3 nitrogen and oxygen atoms in total. The summed E-state index contributed by atoms with van der Waals surface area (Å²) in [7, 11) is 0. The highest BCUT2D eigenvalue weighted by Crippen LogP contribution is 2.18. The molecule has 1 fully saturated rings. The Bertz CT molecular complexity index is 160. The monoisotopic (exact) mass is 154 g/mol. The van der Waals surface area contributed by atoms with Gasteiger partial charge in [-0.05, 0) is 0 Å². The average Bonchev–Trinajstić information content (AvgIpc) is 2.46. The molecule has 0 aromatic heterocycles. The van der Waals surface area contributed by atoms with Crippen LogP contribution in [0.4, 0.5) is 0 Å². The van der Waals surface area contributed by atoms with Gasteiger partial charge in [-0.2, -0.15) is 0 Å². The minimum Gasteiger partial charge on any atom is -0.336 e. The summed E-state index contributed by atoms with van der Waals surface area (Å²) < 4.78 is 10.2. The van der Waals surface area contributed by atoms with E-state index in [4.69, 9.17) is 9.47 Å². The Morgan fingerprint density at radius 1 is 1.09 bits per heavy atom. The fourth-order valence-corrected chi connectivity index (χ4v) is 0.940. The first-order valence-corrected chi connectivity index (χ1v) is 3.33. The Morgan fingerprint density at radius 3 is 1.82 bits per heavy atom. The molecule has 0 N–H and O–H groups in total. The molecule has 0 spiro atoms.